The Morgan fingerprint density at radius 1 is 1.20 bits per heavy atom. The predicted molar refractivity (Wildman–Crippen MR) is 85.7 cm³/mol. The monoisotopic (exact) mass is 349 g/mol. The number of hydrogen-bond acceptors (Lipinski definition) is 7. The highest BCUT2D eigenvalue weighted by atomic mass is 16.7. The third kappa shape index (κ3) is 5.52. The fraction of sp³-hybridized carbons (Fsp3) is 0.353. The Labute approximate surface area is 144 Å². The first-order chi connectivity index (χ1) is 12.0. The summed E-state index contributed by atoms with van der Waals surface area (Å²) < 4.78 is 20.0. The molecule has 0 saturated heterocycles. The van der Waals surface area contributed by atoms with Crippen LogP contribution < -0.4 is 14.8 Å². The van der Waals surface area contributed by atoms with Crippen LogP contribution in [0.5, 0.6) is 11.5 Å². The predicted octanol–water partition coefficient (Wildman–Crippen LogP) is 1.08. The van der Waals surface area contributed by atoms with Crippen molar-refractivity contribution in [3.63, 3.8) is 0 Å². The van der Waals surface area contributed by atoms with Gasteiger partial charge in [0.1, 0.15) is 0 Å². The van der Waals surface area contributed by atoms with Gasteiger partial charge in [0.2, 0.25) is 6.79 Å². The van der Waals surface area contributed by atoms with Crippen LogP contribution in [0.15, 0.2) is 30.4 Å². The van der Waals surface area contributed by atoms with Crippen LogP contribution >= 0.6 is 0 Å². The number of hydrogen-bond donors (Lipinski definition) is 1. The molecule has 25 heavy (non-hydrogen) atoms. The first kappa shape index (κ1) is 18.3. The first-order valence-electron chi connectivity index (χ1n) is 7.71. The van der Waals surface area contributed by atoms with E-state index in [-0.39, 0.29) is 19.9 Å². The largest absolute Gasteiger partial charge is 0.463 e. The van der Waals surface area contributed by atoms with Gasteiger partial charge in [0, 0.05) is 18.7 Å². The molecule has 2 rings (SSSR count). The standard InChI is InChI=1S/C17H19NO7/c1-3-22-15(19)6-7-16(20)25-11(2)17(21)18-9-12-4-5-13-14(8-12)24-10-23-13/h4-8,11H,3,9-10H2,1-2H3,(H,18,21)/b7-6+/t11-/m1/s1. The van der Waals surface area contributed by atoms with Crippen LogP contribution in [0, 0.1) is 0 Å². The SMILES string of the molecule is CCOC(=O)/C=C/C(=O)O[C@H](C)C(=O)NCc1ccc2c(c1)OCO2. The molecule has 1 N–H and O–H groups in total. The van der Waals surface area contributed by atoms with Crippen molar-refractivity contribution in [2.75, 3.05) is 13.4 Å². The lowest BCUT2D eigenvalue weighted by atomic mass is 10.2. The lowest BCUT2D eigenvalue weighted by Crippen LogP contribution is -2.35. The zero-order chi connectivity index (χ0) is 18.2. The van der Waals surface area contributed by atoms with Crippen LogP contribution in [0.25, 0.3) is 0 Å². The van der Waals surface area contributed by atoms with Gasteiger partial charge in [-0.3, -0.25) is 4.79 Å². The second-order valence-corrected chi connectivity index (χ2v) is 5.07. The third-order valence-corrected chi connectivity index (χ3v) is 3.21. The number of nitrogens with one attached hydrogen (secondary N) is 1. The molecule has 1 aliphatic heterocycles. The molecule has 1 amide bonds. The van der Waals surface area contributed by atoms with Crippen LogP contribution in [0.3, 0.4) is 0 Å². The minimum atomic E-state index is -1.01. The van der Waals surface area contributed by atoms with Gasteiger partial charge in [0.15, 0.2) is 17.6 Å². The van der Waals surface area contributed by atoms with Crippen molar-refractivity contribution < 1.29 is 33.3 Å². The van der Waals surface area contributed by atoms with Crippen LogP contribution in [-0.2, 0) is 30.4 Å². The molecule has 0 fully saturated rings. The summed E-state index contributed by atoms with van der Waals surface area (Å²) in [5.41, 5.74) is 0.818. The van der Waals surface area contributed by atoms with Crippen LogP contribution in [-0.4, -0.2) is 37.3 Å². The fourth-order valence-electron chi connectivity index (χ4n) is 1.98. The minimum Gasteiger partial charge on any atom is -0.463 e. The van der Waals surface area contributed by atoms with Crippen molar-refractivity contribution >= 4 is 17.8 Å². The number of ether oxygens (including phenoxy) is 4. The Kier molecular flexibility index (Phi) is 6.39. The molecule has 134 valence electrons. The topological polar surface area (TPSA) is 100 Å². The summed E-state index contributed by atoms with van der Waals surface area (Å²) in [5.74, 6) is -0.644. The van der Waals surface area contributed by atoms with E-state index in [1.807, 2.05) is 0 Å². The molecule has 0 spiro atoms. The van der Waals surface area contributed by atoms with E-state index in [2.05, 4.69) is 10.1 Å². The molecule has 0 aromatic heterocycles. The van der Waals surface area contributed by atoms with Gasteiger partial charge in [0.05, 0.1) is 6.61 Å². The summed E-state index contributed by atoms with van der Waals surface area (Å²) in [6.45, 7) is 3.71. The molecule has 0 aliphatic carbocycles. The van der Waals surface area contributed by atoms with Crippen molar-refractivity contribution in [2.45, 2.75) is 26.5 Å². The molecule has 1 aliphatic rings. The number of rotatable bonds is 7. The van der Waals surface area contributed by atoms with Gasteiger partial charge in [-0.25, -0.2) is 9.59 Å². The van der Waals surface area contributed by atoms with E-state index in [9.17, 15) is 14.4 Å². The molecule has 1 atom stereocenters. The highest BCUT2D eigenvalue weighted by molar-refractivity contribution is 5.93. The van der Waals surface area contributed by atoms with Crippen LogP contribution in [0.2, 0.25) is 0 Å². The number of amides is 1. The molecule has 0 radical (unpaired) electrons. The highest BCUT2D eigenvalue weighted by Crippen LogP contribution is 2.32. The average molecular weight is 349 g/mol. The minimum absolute atomic E-state index is 0.178. The molecule has 0 saturated carbocycles. The molecule has 0 unspecified atom stereocenters. The van der Waals surface area contributed by atoms with Gasteiger partial charge in [-0.1, -0.05) is 6.07 Å². The van der Waals surface area contributed by atoms with E-state index in [0.717, 1.165) is 17.7 Å². The van der Waals surface area contributed by atoms with E-state index >= 15 is 0 Å². The summed E-state index contributed by atoms with van der Waals surface area (Å²) in [7, 11) is 0. The van der Waals surface area contributed by atoms with E-state index in [4.69, 9.17) is 14.2 Å². The molecular weight excluding hydrogens is 330 g/mol. The number of fused-ring (bicyclic) bond motifs is 1. The summed E-state index contributed by atoms with van der Waals surface area (Å²) in [6.07, 6.45) is 0.858. The second-order valence-electron chi connectivity index (χ2n) is 5.07. The van der Waals surface area contributed by atoms with Crippen molar-refractivity contribution in [2.24, 2.45) is 0 Å². The molecule has 1 aromatic rings. The van der Waals surface area contributed by atoms with Gasteiger partial charge in [-0.15, -0.1) is 0 Å². The lowest BCUT2D eigenvalue weighted by Gasteiger charge is -2.12. The summed E-state index contributed by atoms with van der Waals surface area (Å²) in [5, 5.41) is 2.65. The number of carbonyl (C=O) groups is 3. The van der Waals surface area contributed by atoms with Gasteiger partial charge in [-0.05, 0) is 31.5 Å². The Hall–Kier alpha value is -3.03. The summed E-state index contributed by atoms with van der Waals surface area (Å²) in [4.78, 5) is 34.6. The Morgan fingerprint density at radius 3 is 2.68 bits per heavy atom. The number of esters is 2. The maximum Gasteiger partial charge on any atom is 0.331 e. The summed E-state index contributed by atoms with van der Waals surface area (Å²) >= 11 is 0. The fourth-order valence-corrected chi connectivity index (χ4v) is 1.98. The average Bonchev–Trinajstić information content (AvgIpc) is 3.05. The Morgan fingerprint density at radius 2 is 1.92 bits per heavy atom. The van der Waals surface area contributed by atoms with E-state index in [1.165, 1.54) is 6.92 Å². The van der Waals surface area contributed by atoms with E-state index in [1.54, 1.807) is 25.1 Å². The first-order valence-corrected chi connectivity index (χ1v) is 7.71. The Balaban J connectivity index is 1.78. The van der Waals surface area contributed by atoms with Crippen molar-refractivity contribution in [1.82, 2.24) is 5.32 Å². The Bertz CT molecular complexity index is 684. The summed E-state index contributed by atoms with van der Waals surface area (Å²) in [6, 6.07) is 5.32. The molecule has 8 nitrogen and oxygen atoms in total. The molecule has 8 heteroatoms. The highest BCUT2D eigenvalue weighted by Gasteiger charge is 2.17. The molecular formula is C17H19NO7. The maximum absolute atomic E-state index is 12.0. The third-order valence-electron chi connectivity index (χ3n) is 3.21. The smallest absolute Gasteiger partial charge is 0.331 e. The van der Waals surface area contributed by atoms with Gasteiger partial charge in [0.25, 0.3) is 5.91 Å². The molecule has 1 heterocycles. The lowest BCUT2D eigenvalue weighted by molar-refractivity contribution is -0.150. The normalized spacial score (nSPS) is 13.4. The van der Waals surface area contributed by atoms with Gasteiger partial charge < -0.3 is 24.3 Å². The van der Waals surface area contributed by atoms with Gasteiger partial charge >= 0.3 is 11.9 Å². The molecule has 0 bridgehead atoms. The number of carbonyl (C=O) groups excluding carboxylic acids is 3. The van der Waals surface area contributed by atoms with Crippen molar-refractivity contribution in [3.05, 3.63) is 35.9 Å². The van der Waals surface area contributed by atoms with Crippen molar-refractivity contribution in [1.29, 1.82) is 0 Å². The van der Waals surface area contributed by atoms with E-state index < -0.39 is 23.9 Å². The second kappa shape index (κ2) is 8.72. The molecule has 1 aromatic carbocycles. The van der Waals surface area contributed by atoms with E-state index in [0.29, 0.717) is 11.5 Å². The van der Waals surface area contributed by atoms with Crippen LogP contribution in [0.4, 0.5) is 0 Å². The quantitative estimate of drug-likeness (QED) is 0.581. The number of benzene rings is 1. The van der Waals surface area contributed by atoms with Crippen LogP contribution in [0.1, 0.15) is 19.4 Å². The van der Waals surface area contributed by atoms with Crippen molar-refractivity contribution in [3.8, 4) is 11.5 Å². The maximum atomic E-state index is 12.0. The zero-order valence-corrected chi connectivity index (χ0v) is 13.9. The van der Waals surface area contributed by atoms with Gasteiger partial charge in [-0.2, -0.15) is 0 Å². The zero-order valence-electron chi connectivity index (χ0n) is 13.9.